The van der Waals surface area contributed by atoms with Gasteiger partial charge >= 0.3 is 0 Å². The summed E-state index contributed by atoms with van der Waals surface area (Å²) in [5.41, 5.74) is 5.73. The summed E-state index contributed by atoms with van der Waals surface area (Å²) >= 11 is 0. The van der Waals surface area contributed by atoms with Crippen molar-refractivity contribution in [3.63, 3.8) is 0 Å². The fraction of sp³-hybridized carbons (Fsp3) is 0.900. The van der Waals surface area contributed by atoms with E-state index < -0.39 is 0 Å². The van der Waals surface area contributed by atoms with Crippen LogP contribution in [0.3, 0.4) is 0 Å². The van der Waals surface area contributed by atoms with Crippen LogP contribution in [-0.2, 0) is 12.1 Å². The molecule has 1 aromatic heterocycles. The third-order valence-electron chi connectivity index (χ3n) is 2.25. The molecule has 1 rings (SSSR count). The monoisotopic (exact) mass is 211 g/mol. The van der Waals surface area contributed by atoms with Crippen molar-refractivity contribution in [3.8, 4) is 0 Å². The van der Waals surface area contributed by atoms with E-state index >= 15 is 0 Å². The molecule has 0 radical (unpaired) electrons. The SMILES string of the molecule is CC(C)(C)CC(C)(C)n1nnnc1CN. The Labute approximate surface area is 91.0 Å². The minimum atomic E-state index is -0.101. The number of aromatic nitrogens is 4. The molecule has 0 aliphatic heterocycles. The lowest BCUT2D eigenvalue weighted by atomic mass is 9.82. The third-order valence-corrected chi connectivity index (χ3v) is 2.25. The predicted octanol–water partition coefficient (Wildman–Crippen LogP) is 1.30. The van der Waals surface area contributed by atoms with E-state index in [1.807, 2.05) is 4.68 Å². The zero-order valence-electron chi connectivity index (χ0n) is 10.3. The Morgan fingerprint density at radius 1 is 1.20 bits per heavy atom. The molecule has 5 heteroatoms. The molecule has 0 saturated heterocycles. The van der Waals surface area contributed by atoms with Crippen molar-refractivity contribution in [1.29, 1.82) is 0 Å². The van der Waals surface area contributed by atoms with E-state index in [9.17, 15) is 0 Å². The van der Waals surface area contributed by atoms with Gasteiger partial charge in [-0.15, -0.1) is 5.10 Å². The summed E-state index contributed by atoms with van der Waals surface area (Å²) < 4.78 is 1.83. The molecule has 0 saturated carbocycles. The molecular formula is C10H21N5. The molecule has 2 N–H and O–H groups in total. The Bertz CT molecular complexity index is 321. The van der Waals surface area contributed by atoms with Crippen LogP contribution in [0.5, 0.6) is 0 Å². The lowest BCUT2D eigenvalue weighted by Gasteiger charge is -2.32. The molecule has 5 nitrogen and oxygen atoms in total. The first-order chi connectivity index (χ1) is 6.76. The molecule has 0 atom stereocenters. The summed E-state index contributed by atoms with van der Waals surface area (Å²) in [6.07, 6.45) is 0.998. The maximum absolute atomic E-state index is 5.59. The minimum Gasteiger partial charge on any atom is -0.324 e. The van der Waals surface area contributed by atoms with Gasteiger partial charge in [-0.25, -0.2) is 4.68 Å². The van der Waals surface area contributed by atoms with Gasteiger partial charge in [0.05, 0.1) is 12.1 Å². The number of rotatable bonds is 3. The fourth-order valence-corrected chi connectivity index (χ4v) is 2.18. The quantitative estimate of drug-likeness (QED) is 0.818. The summed E-state index contributed by atoms with van der Waals surface area (Å²) in [6, 6.07) is 0. The molecule has 0 amide bonds. The highest BCUT2D eigenvalue weighted by atomic mass is 15.6. The summed E-state index contributed by atoms with van der Waals surface area (Å²) in [4.78, 5) is 0. The lowest BCUT2D eigenvalue weighted by molar-refractivity contribution is 0.190. The van der Waals surface area contributed by atoms with Gasteiger partial charge in [0.15, 0.2) is 5.82 Å². The van der Waals surface area contributed by atoms with Crippen LogP contribution in [0.1, 0.15) is 46.9 Å². The molecule has 1 heterocycles. The van der Waals surface area contributed by atoms with Crippen molar-refractivity contribution >= 4 is 0 Å². The predicted molar refractivity (Wildman–Crippen MR) is 59.1 cm³/mol. The minimum absolute atomic E-state index is 0.101. The molecule has 0 bridgehead atoms. The van der Waals surface area contributed by atoms with Crippen LogP contribution in [0, 0.1) is 5.41 Å². The first kappa shape index (κ1) is 12.1. The molecule has 0 unspecified atom stereocenters. The van der Waals surface area contributed by atoms with Crippen LogP contribution < -0.4 is 5.73 Å². The Hall–Kier alpha value is -0.970. The molecule has 86 valence electrons. The molecule has 1 aromatic rings. The van der Waals surface area contributed by atoms with Crippen LogP contribution in [0.25, 0.3) is 0 Å². The van der Waals surface area contributed by atoms with Crippen molar-refractivity contribution in [2.45, 2.75) is 53.1 Å². The zero-order chi connectivity index (χ0) is 11.7. The van der Waals surface area contributed by atoms with E-state index in [1.165, 1.54) is 0 Å². The highest BCUT2D eigenvalue weighted by Crippen LogP contribution is 2.31. The molecule has 0 spiro atoms. The van der Waals surface area contributed by atoms with E-state index in [4.69, 9.17) is 5.73 Å². The topological polar surface area (TPSA) is 69.6 Å². The number of hydrogen-bond acceptors (Lipinski definition) is 4. The Kier molecular flexibility index (Phi) is 3.13. The van der Waals surface area contributed by atoms with Crippen LogP contribution in [0.4, 0.5) is 0 Å². The summed E-state index contributed by atoms with van der Waals surface area (Å²) in [5, 5.41) is 11.6. The van der Waals surface area contributed by atoms with E-state index in [-0.39, 0.29) is 11.0 Å². The van der Waals surface area contributed by atoms with Crippen LogP contribution >= 0.6 is 0 Å². The Balaban J connectivity index is 2.95. The standard InChI is InChI=1S/C10H21N5/c1-9(2,3)7-10(4,5)15-8(6-11)12-13-14-15/h6-7,11H2,1-5H3. The van der Waals surface area contributed by atoms with Crippen molar-refractivity contribution in [1.82, 2.24) is 20.2 Å². The van der Waals surface area contributed by atoms with Gasteiger partial charge < -0.3 is 5.73 Å². The van der Waals surface area contributed by atoms with Gasteiger partial charge in [0, 0.05) is 0 Å². The second-order valence-corrected chi connectivity index (χ2v) is 5.76. The highest BCUT2D eigenvalue weighted by molar-refractivity contribution is 4.89. The molecule has 0 aliphatic rings. The van der Waals surface area contributed by atoms with E-state index in [0.29, 0.717) is 6.54 Å². The van der Waals surface area contributed by atoms with Crippen molar-refractivity contribution < 1.29 is 0 Å². The van der Waals surface area contributed by atoms with Crippen LogP contribution in [0.2, 0.25) is 0 Å². The van der Waals surface area contributed by atoms with E-state index in [2.05, 4.69) is 50.1 Å². The largest absolute Gasteiger partial charge is 0.324 e. The van der Waals surface area contributed by atoms with E-state index in [0.717, 1.165) is 12.2 Å². The highest BCUT2D eigenvalue weighted by Gasteiger charge is 2.30. The lowest BCUT2D eigenvalue weighted by Crippen LogP contribution is -2.34. The van der Waals surface area contributed by atoms with Crippen LogP contribution in [-0.4, -0.2) is 20.2 Å². The van der Waals surface area contributed by atoms with Gasteiger partial charge in [-0.1, -0.05) is 20.8 Å². The third kappa shape index (κ3) is 2.99. The van der Waals surface area contributed by atoms with Gasteiger partial charge in [-0.05, 0) is 36.1 Å². The number of nitrogens with zero attached hydrogens (tertiary/aromatic N) is 4. The maximum atomic E-state index is 5.59. The van der Waals surface area contributed by atoms with Gasteiger partial charge in [0.2, 0.25) is 0 Å². The molecular weight excluding hydrogens is 190 g/mol. The fourth-order valence-electron chi connectivity index (χ4n) is 2.18. The van der Waals surface area contributed by atoms with Crippen molar-refractivity contribution in [2.75, 3.05) is 0 Å². The number of hydrogen-bond donors (Lipinski definition) is 1. The van der Waals surface area contributed by atoms with Gasteiger partial charge in [-0.2, -0.15) is 0 Å². The maximum Gasteiger partial charge on any atom is 0.165 e. The molecule has 0 aromatic carbocycles. The second-order valence-electron chi connectivity index (χ2n) is 5.76. The van der Waals surface area contributed by atoms with Crippen molar-refractivity contribution in [3.05, 3.63) is 5.82 Å². The second kappa shape index (κ2) is 3.89. The van der Waals surface area contributed by atoms with E-state index in [1.54, 1.807) is 0 Å². The molecule has 0 aliphatic carbocycles. The Morgan fingerprint density at radius 3 is 2.27 bits per heavy atom. The average Bonchev–Trinajstić information content (AvgIpc) is 2.46. The normalized spacial score (nSPS) is 13.2. The van der Waals surface area contributed by atoms with Crippen LogP contribution in [0.15, 0.2) is 0 Å². The zero-order valence-corrected chi connectivity index (χ0v) is 10.3. The average molecular weight is 211 g/mol. The smallest absolute Gasteiger partial charge is 0.165 e. The first-order valence-electron chi connectivity index (χ1n) is 5.24. The van der Waals surface area contributed by atoms with Gasteiger partial charge in [0.25, 0.3) is 0 Å². The van der Waals surface area contributed by atoms with Gasteiger partial charge in [-0.3, -0.25) is 0 Å². The number of tetrazole rings is 1. The summed E-state index contributed by atoms with van der Waals surface area (Å²) in [5.74, 6) is 0.740. The number of nitrogens with two attached hydrogens (primary N) is 1. The molecule has 15 heavy (non-hydrogen) atoms. The summed E-state index contributed by atoms with van der Waals surface area (Å²) in [6.45, 7) is 11.3. The van der Waals surface area contributed by atoms with Crippen molar-refractivity contribution in [2.24, 2.45) is 11.1 Å². The first-order valence-corrected chi connectivity index (χ1v) is 5.24. The Morgan fingerprint density at radius 2 is 1.80 bits per heavy atom. The van der Waals surface area contributed by atoms with Gasteiger partial charge in [0.1, 0.15) is 0 Å². The summed E-state index contributed by atoms with van der Waals surface area (Å²) in [7, 11) is 0. The molecule has 0 fully saturated rings.